The zero-order valence-corrected chi connectivity index (χ0v) is 19.4. The van der Waals surface area contributed by atoms with E-state index in [1.807, 2.05) is 20.8 Å². The first-order chi connectivity index (χ1) is 14.0. The summed E-state index contributed by atoms with van der Waals surface area (Å²) < 4.78 is 34.2. The van der Waals surface area contributed by atoms with E-state index >= 15 is 0 Å². The number of amides is 1. The summed E-state index contributed by atoms with van der Waals surface area (Å²) in [5.74, 6) is 6.19. The SMILES string of the molecule is CC(=O)N(C)C[C@@H]1Oc2cc(C#CC(C)C)ccc2S(=O)(=O)N([C@H](C)CO)C[C@H]1C. The molecule has 1 aromatic carbocycles. The maximum Gasteiger partial charge on any atom is 0.247 e. The topological polar surface area (TPSA) is 87.2 Å². The Hall–Kier alpha value is -2.08. The van der Waals surface area contributed by atoms with Gasteiger partial charge in [0.2, 0.25) is 15.9 Å². The molecule has 0 radical (unpaired) electrons. The highest BCUT2D eigenvalue weighted by atomic mass is 32.2. The third kappa shape index (κ3) is 5.54. The summed E-state index contributed by atoms with van der Waals surface area (Å²) in [5, 5.41) is 9.66. The first kappa shape index (κ1) is 24.2. The molecular formula is C22H32N2O5S. The summed E-state index contributed by atoms with van der Waals surface area (Å²) in [7, 11) is -2.20. The number of ether oxygens (including phenoxy) is 1. The Morgan fingerprint density at radius 2 is 2.03 bits per heavy atom. The number of fused-ring (bicyclic) bond motifs is 1. The summed E-state index contributed by atoms with van der Waals surface area (Å²) in [6.07, 6.45) is -0.421. The number of rotatable bonds is 4. The molecule has 1 amide bonds. The van der Waals surface area contributed by atoms with Crippen molar-refractivity contribution >= 4 is 15.9 Å². The van der Waals surface area contributed by atoms with Gasteiger partial charge in [-0.05, 0) is 25.1 Å². The van der Waals surface area contributed by atoms with Crippen LogP contribution in [0.15, 0.2) is 23.1 Å². The lowest BCUT2D eigenvalue weighted by Gasteiger charge is -2.37. The second-order valence-electron chi connectivity index (χ2n) is 8.22. The lowest BCUT2D eigenvalue weighted by molar-refractivity contribution is -0.129. The third-order valence-corrected chi connectivity index (χ3v) is 7.18. The molecular weight excluding hydrogens is 404 g/mol. The molecule has 0 spiro atoms. The van der Waals surface area contributed by atoms with Crippen molar-refractivity contribution in [1.82, 2.24) is 9.21 Å². The van der Waals surface area contributed by atoms with Crippen LogP contribution in [0.1, 0.15) is 40.2 Å². The highest BCUT2D eigenvalue weighted by Gasteiger charge is 2.38. The van der Waals surface area contributed by atoms with Gasteiger partial charge in [-0.25, -0.2) is 8.42 Å². The van der Waals surface area contributed by atoms with E-state index in [1.54, 1.807) is 31.0 Å². The lowest BCUT2D eigenvalue weighted by Crippen LogP contribution is -2.50. The number of sulfonamides is 1. The first-order valence-corrected chi connectivity index (χ1v) is 11.6. The van der Waals surface area contributed by atoms with Gasteiger partial charge in [-0.1, -0.05) is 32.6 Å². The van der Waals surface area contributed by atoms with Crippen LogP contribution in [0.2, 0.25) is 0 Å². The van der Waals surface area contributed by atoms with E-state index < -0.39 is 22.2 Å². The fourth-order valence-corrected chi connectivity index (χ4v) is 4.97. The predicted octanol–water partition coefficient (Wildman–Crippen LogP) is 1.94. The van der Waals surface area contributed by atoms with Gasteiger partial charge in [0.1, 0.15) is 16.7 Å². The molecule has 0 unspecified atom stereocenters. The quantitative estimate of drug-likeness (QED) is 0.729. The predicted molar refractivity (Wildman–Crippen MR) is 115 cm³/mol. The molecule has 1 heterocycles. The smallest absolute Gasteiger partial charge is 0.247 e. The van der Waals surface area contributed by atoms with Crippen LogP contribution in [0.25, 0.3) is 0 Å². The van der Waals surface area contributed by atoms with Gasteiger partial charge in [0, 0.05) is 44.0 Å². The van der Waals surface area contributed by atoms with Gasteiger partial charge in [-0.15, -0.1) is 0 Å². The van der Waals surface area contributed by atoms with Gasteiger partial charge in [-0.3, -0.25) is 4.79 Å². The van der Waals surface area contributed by atoms with Gasteiger partial charge in [0.25, 0.3) is 0 Å². The summed E-state index contributed by atoms with van der Waals surface area (Å²) in [4.78, 5) is 13.4. The number of hydrogen-bond acceptors (Lipinski definition) is 5. The number of carbonyl (C=O) groups is 1. The van der Waals surface area contributed by atoms with E-state index in [9.17, 15) is 18.3 Å². The molecule has 166 valence electrons. The second kappa shape index (κ2) is 9.82. The molecule has 2 rings (SSSR count). The summed E-state index contributed by atoms with van der Waals surface area (Å²) in [6.45, 7) is 9.19. The fraction of sp³-hybridized carbons (Fsp3) is 0.591. The molecule has 1 aromatic rings. The normalized spacial score (nSPS) is 22.0. The molecule has 7 nitrogen and oxygen atoms in total. The minimum Gasteiger partial charge on any atom is -0.487 e. The first-order valence-electron chi connectivity index (χ1n) is 10.1. The second-order valence-corrected chi connectivity index (χ2v) is 10.1. The van der Waals surface area contributed by atoms with Gasteiger partial charge < -0.3 is 14.7 Å². The average Bonchev–Trinajstić information content (AvgIpc) is 2.68. The fourth-order valence-electron chi connectivity index (χ4n) is 3.15. The molecule has 3 atom stereocenters. The molecule has 1 N–H and O–H groups in total. The Bertz CT molecular complexity index is 933. The molecule has 1 aliphatic rings. The van der Waals surface area contributed by atoms with E-state index in [0.717, 1.165) is 0 Å². The molecule has 0 aliphatic carbocycles. The van der Waals surface area contributed by atoms with Gasteiger partial charge in [0.05, 0.1) is 13.2 Å². The number of nitrogens with zero attached hydrogens (tertiary/aromatic N) is 2. The van der Waals surface area contributed by atoms with Gasteiger partial charge >= 0.3 is 0 Å². The van der Waals surface area contributed by atoms with Crippen LogP contribution >= 0.6 is 0 Å². The summed E-state index contributed by atoms with van der Waals surface area (Å²) in [5.41, 5.74) is 0.659. The number of likely N-dealkylation sites (N-methyl/N-ethyl adjacent to an activating group) is 1. The third-order valence-electron chi connectivity index (χ3n) is 5.16. The number of carbonyl (C=O) groups excluding carboxylic acids is 1. The molecule has 0 saturated heterocycles. The highest BCUT2D eigenvalue weighted by Crippen LogP contribution is 2.34. The zero-order valence-electron chi connectivity index (χ0n) is 18.5. The minimum atomic E-state index is -3.88. The largest absolute Gasteiger partial charge is 0.487 e. The Kier molecular flexibility index (Phi) is 7.92. The molecule has 0 aromatic heterocycles. The molecule has 30 heavy (non-hydrogen) atoms. The summed E-state index contributed by atoms with van der Waals surface area (Å²) in [6, 6.07) is 4.23. The molecule has 1 aliphatic heterocycles. The lowest BCUT2D eigenvalue weighted by atomic mass is 10.0. The minimum absolute atomic E-state index is 0.0419. The molecule has 8 heteroatoms. The zero-order chi connectivity index (χ0) is 22.6. The number of hydrogen-bond donors (Lipinski definition) is 1. The van der Waals surface area contributed by atoms with Crippen LogP contribution in [0.5, 0.6) is 5.75 Å². The van der Waals surface area contributed by atoms with E-state index in [1.165, 1.54) is 17.3 Å². The van der Waals surface area contributed by atoms with E-state index in [2.05, 4.69) is 11.8 Å². The summed E-state index contributed by atoms with van der Waals surface area (Å²) >= 11 is 0. The number of aliphatic hydroxyl groups excluding tert-OH is 1. The Morgan fingerprint density at radius 3 is 2.60 bits per heavy atom. The van der Waals surface area contributed by atoms with Crippen molar-refractivity contribution in [3.8, 4) is 17.6 Å². The highest BCUT2D eigenvalue weighted by molar-refractivity contribution is 7.89. The standard InChI is InChI=1S/C22H32N2O5S/c1-15(2)7-8-19-9-10-22-20(11-19)29-21(13-23(6)18(5)26)16(3)12-24(17(4)14-25)30(22,27)28/h9-11,15-17,21,25H,12-14H2,1-6H3/t16-,17-,21+/m1/s1. The molecule has 0 saturated carbocycles. The Morgan fingerprint density at radius 1 is 1.37 bits per heavy atom. The van der Waals surface area contributed by atoms with Crippen molar-refractivity contribution in [2.45, 2.75) is 51.7 Å². The van der Waals surface area contributed by atoms with Gasteiger partial charge in [0.15, 0.2) is 0 Å². The van der Waals surface area contributed by atoms with Crippen molar-refractivity contribution in [2.75, 3.05) is 26.7 Å². The van der Waals surface area contributed by atoms with Crippen LogP contribution in [-0.2, 0) is 14.8 Å². The average molecular weight is 437 g/mol. The van der Waals surface area contributed by atoms with Gasteiger partial charge in [-0.2, -0.15) is 4.31 Å². The van der Waals surface area contributed by atoms with Crippen LogP contribution in [0.4, 0.5) is 0 Å². The Labute approximate surface area is 180 Å². The van der Waals surface area contributed by atoms with Crippen molar-refractivity contribution in [3.63, 3.8) is 0 Å². The van der Waals surface area contributed by atoms with Crippen molar-refractivity contribution in [3.05, 3.63) is 23.8 Å². The maximum atomic E-state index is 13.4. The van der Waals surface area contributed by atoms with Crippen molar-refractivity contribution < 1.29 is 23.1 Å². The molecule has 0 bridgehead atoms. The van der Waals surface area contributed by atoms with E-state index in [4.69, 9.17) is 4.74 Å². The van der Waals surface area contributed by atoms with E-state index in [-0.39, 0.29) is 41.5 Å². The Balaban J connectivity index is 2.60. The van der Waals surface area contributed by atoms with Crippen LogP contribution in [0.3, 0.4) is 0 Å². The maximum absolute atomic E-state index is 13.4. The van der Waals surface area contributed by atoms with Crippen LogP contribution in [0, 0.1) is 23.7 Å². The number of aliphatic hydroxyl groups is 1. The van der Waals surface area contributed by atoms with Crippen molar-refractivity contribution in [1.29, 1.82) is 0 Å². The number of benzene rings is 1. The van der Waals surface area contributed by atoms with Crippen molar-refractivity contribution in [2.24, 2.45) is 11.8 Å². The molecule has 0 fully saturated rings. The monoisotopic (exact) mass is 436 g/mol. The van der Waals surface area contributed by atoms with E-state index in [0.29, 0.717) is 12.1 Å². The van der Waals surface area contributed by atoms with Crippen LogP contribution < -0.4 is 4.74 Å². The van der Waals surface area contributed by atoms with Crippen LogP contribution in [-0.4, -0.2) is 67.5 Å².